The standard InChI is InChI=1S/C27H30ClN3O6/c1-17-14-29-22(15-31(17)35-5)26(34)37-18(2)27(3,4)16-36-24(33)13-19-9-6-7-11-21(19)30-25-20(28)10-8-12-23(25)32/h6-12,14-15,18,29H,13,16H2,1-5H3/p+1. The van der Waals surface area contributed by atoms with E-state index >= 15 is 0 Å². The van der Waals surface area contributed by atoms with Gasteiger partial charge in [0.1, 0.15) is 19.0 Å². The maximum absolute atomic E-state index is 12.7. The first-order valence-electron chi connectivity index (χ1n) is 11.6. The van der Waals surface area contributed by atoms with E-state index < -0.39 is 23.5 Å². The number of benzene rings is 2. The van der Waals surface area contributed by atoms with Crippen molar-refractivity contribution >= 4 is 34.9 Å². The highest BCUT2D eigenvalue weighted by Gasteiger charge is 2.32. The third-order valence-electron chi connectivity index (χ3n) is 5.98. The van der Waals surface area contributed by atoms with E-state index in [4.69, 9.17) is 25.9 Å². The second-order valence-corrected chi connectivity index (χ2v) is 9.62. The lowest BCUT2D eigenvalue weighted by molar-refractivity contribution is -0.890. The predicted molar refractivity (Wildman–Crippen MR) is 138 cm³/mol. The van der Waals surface area contributed by atoms with E-state index in [1.165, 1.54) is 30.3 Å². The Balaban J connectivity index is 1.60. The number of halogens is 1. The maximum Gasteiger partial charge on any atom is 0.363 e. The molecule has 9 nitrogen and oxygen atoms in total. The number of para-hydroxylation sites is 2. The fourth-order valence-corrected chi connectivity index (χ4v) is 3.52. The molecular weight excluding hydrogens is 498 g/mol. The first-order valence-corrected chi connectivity index (χ1v) is 12.0. The van der Waals surface area contributed by atoms with E-state index in [-0.39, 0.29) is 24.5 Å². The molecule has 0 spiro atoms. The number of anilines is 2. The van der Waals surface area contributed by atoms with Gasteiger partial charge in [-0.05, 0) is 30.7 Å². The zero-order valence-electron chi connectivity index (χ0n) is 21.4. The number of aryl methyl sites for hydroxylation is 1. The Morgan fingerprint density at radius 3 is 2.62 bits per heavy atom. The number of ether oxygens (including phenoxy) is 2. The van der Waals surface area contributed by atoms with Crippen molar-refractivity contribution in [3.05, 3.63) is 76.8 Å². The molecule has 0 aliphatic rings. The van der Waals surface area contributed by atoms with Gasteiger partial charge in [0.05, 0.1) is 29.9 Å². The topological polar surface area (TPSA) is 111 Å². The van der Waals surface area contributed by atoms with Crippen LogP contribution in [0, 0.1) is 12.3 Å². The largest absolute Gasteiger partial charge is 0.506 e. The van der Waals surface area contributed by atoms with Gasteiger partial charge in [0.2, 0.25) is 11.4 Å². The molecule has 0 aliphatic heterocycles. The lowest BCUT2D eigenvalue weighted by Crippen LogP contribution is -2.44. The molecule has 0 aliphatic carbocycles. The van der Waals surface area contributed by atoms with Crippen molar-refractivity contribution in [3.63, 3.8) is 0 Å². The molecule has 37 heavy (non-hydrogen) atoms. The quantitative estimate of drug-likeness (QED) is 0.229. The normalized spacial score (nSPS) is 11.9. The van der Waals surface area contributed by atoms with Gasteiger partial charge in [-0.15, -0.1) is 0 Å². The molecule has 1 unspecified atom stereocenters. The molecule has 0 saturated carbocycles. The summed E-state index contributed by atoms with van der Waals surface area (Å²) in [6, 6.07) is 12.0. The lowest BCUT2D eigenvalue weighted by Gasteiger charge is -2.30. The van der Waals surface area contributed by atoms with Gasteiger partial charge in [0.25, 0.3) is 6.20 Å². The smallest absolute Gasteiger partial charge is 0.363 e. The fourth-order valence-electron chi connectivity index (χ4n) is 3.31. The van der Waals surface area contributed by atoms with Crippen LogP contribution in [0.25, 0.3) is 0 Å². The number of phenolic OH excluding ortho intramolecular Hbond substituents is 1. The van der Waals surface area contributed by atoms with Crippen LogP contribution in [0.1, 0.15) is 42.5 Å². The van der Waals surface area contributed by atoms with Crippen LogP contribution in [0.5, 0.6) is 5.75 Å². The summed E-state index contributed by atoms with van der Waals surface area (Å²) in [5, 5.41) is 13.6. The number of hydrogen-bond acceptors (Lipinski definition) is 8. The molecule has 0 saturated heterocycles. The van der Waals surface area contributed by atoms with Crippen molar-refractivity contribution in [3.8, 4) is 5.75 Å². The Labute approximate surface area is 220 Å². The number of aromatic hydroxyl groups is 1. The molecule has 2 aromatic carbocycles. The SMILES string of the molecule is CO[n+]1cc(C(=O)OC(C)C(C)(C)COC(=O)Cc2ccccc2Nc2c(O)cccc2Cl)ncc1C. The van der Waals surface area contributed by atoms with Crippen LogP contribution < -0.4 is 14.9 Å². The van der Waals surface area contributed by atoms with Gasteiger partial charge >= 0.3 is 11.9 Å². The number of hydrogen-bond donors (Lipinski definition) is 2. The van der Waals surface area contributed by atoms with E-state index in [2.05, 4.69) is 10.3 Å². The Morgan fingerprint density at radius 2 is 1.92 bits per heavy atom. The number of aromatic nitrogens is 2. The van der Waals surface area contributed by atoms with Crippen LogP contribution in [-0.2, 0) is 20.7 Å². The van der Waals surface area contributed by atoms with Crippen LogP contribution >= 0.6 is 11.6 Å². The van der Waals surface area contributed by atoms with Crippen molar-refractivity contribution in [1.82, 2.24) is 4.98 Å². The Kier molecular flexibility index (Phi) is 8.94. The highest BCUT2D eigenvalue weighted by molar-refractivity contribution is 6.33. The zero-order chi connectivity index (χ0) is 27.2. The molecule has 1 heterocycles. The van der Waals surface area contributed by atoms with Crippen LogP contribution in [0.3, 0.4) is 0 Å². The number of carbonyl (C=O) groups excluding carboxylic acids is 2. The van der Waals surface area contributed by atoms with Gasteiger partial charge in [-0.1, -0.05) is 49.7 Å². The molecule has 2 N–H and O–H groups in total. The summed E-state index contributed by atoms with van der Waals surface area (Å²) in [5.74, 6) is -1.07. The van der Waals surface area contributed by atoms with E-state index in [1.807, 2.05) is 13.8 Å². The van der Waals surface area contributed by atoms with Crippen LogP contribution in [0.4, 0.5) is 11.4 Å². The Hall–Kier alpha value is -3.85. The summed E-state index contributed by atoms with van der Waals surface area (Å²) in [6.07, 6.45) is 2.37. The lowest BCUT2D eigenvalue weighted by atomic mass is 9.88. The molecule has 0 fully saturated rings. The molecule has 1 atom stereocenters. The second-order valence-electron chi connectivity index (χ2n) is 9.21. The molecule has 3 rings (SSSR count). The highest BCUT2D eigenvalue weighted by atomic mass is 35.5. The monoisotopic (exact) mass is 528 g/mol. The van der Waals surface area contributed by atoms with Crippen molar-refractivity contribution < 1.29 is 33.7 Å². The minimum Gasteiger partial charge on any atom is -0.506 e. The van der Waals surface area contributed by atoms with Crippen molar-refractivity contribution in [2.45, 2.75) is 40.2 Å². The van der Waals surface area contributed by atoms with E-state index in [1.54, 1.807) is 50.2 Å². The Morgan fingerprint density at radius 1 is 1.19 bits per heavy atom. The minimum absolute atomic E-state index is 0.00645. The summed E-state index contributed by atoms with van der Waals surface area (Å²) in [7, 11) is 1.48. The van der Waals surface area contributed by atoms with E-state index in [0.29, 0.717) is 22.0 Å². The first kappa shape index (κ1) is 27.7. The molecule has 0 radical (unpaired) electrons. The number of phenols is 1. The van der Waals surface area contributed by atoms with Gasteiger partial charge in [0.15, 0.2) is 0 Å². The first-order chi connectivity index (χ1) is 17.5. The maximum atomic E-state index is 12.7. The summed E-state index contributed by atoms with van der Waals surface area (Å²) in [6.45, 7) is 7.23. The molecule has 1 aromatic heterocycles. The number of rotatable bonds is 10. The minimum atomic E-state index is -0.672. The highest BCUT2D eigenvalue weighted by Crippen LogP contribution is 2.35. The van der Waals surface area contributed by atoms with Crippen LogP contribution in [-0.4, -0.2) is 41.8 Å². The van der Waals surface area contributed by atoms with Crippen molar-refractivity contribution in [1.29, 1.82) is 0 Å². The third-order valence-corrected chi connectivity index (χ3v) is 6.29. The van der Waals surface area contributed by atoms with Crippen molar-refractivity contribution in [2.24, 2.45) is 5.41 Å². The predicted octanol–water partition coefficient (Wildman–Crippen LogP) is 4.20. The van der Waals surface area contributed by atoms with Crippen LogP contribution in [0.15, 0.2) is 54.9 Å². The number of nitrogens with zero attached hydrogens (tertiary/aromatic N) is 2. The van der Waals surface area contributed by atoms with Gasteiger partial charge in [-0.25, -0.2) is 9.78 Å². The molecular formula is C27H31ClN3O6+. The summed E-state index contributed by atoms with van der Waals surface area (Å²) >= 11 is 6.20. The van der Waals surface area contributed by atoms with E-state index in [0.717, 1.165) is 5.69 Å². The van der Waals surface area contributed by atoms with Gasteiger partial charge in [-0.3, -0.25) is 9.63 Å². The summed E-state index contributed by atoms with van der Waals surface area (Å²) in [4.78, 5) is 34.6. The van der Waals surface area contributed by atoms with Gasteiger partial charge < -0.3 is 19.9 Å². The molecule has 10 heteroatoms. The molecule has 196 valence electrons. The van der Waals surface area contributed by atoms with Crippen LogP contribution in [0.2, 0.25) is 5.02 Å². The summed E-state index contributed by atoms with van der Waals surface area (Å²) in [5.41, 5.74) is 1.78. The van der Waals surface area contributed by atoms with Gasteiger partial charge in [0, 0.05) is 22.8 Å². The number of carbonyl (C=O) groups is 2. The van der Waals surface area contributed by atoms with E-state index in [9.17, 15) is 14.7 Å². The van der Waals surface area contributed by atoms with Gasteiger partial charge in [-0.2, -0.15) is 0 Å². The average molecular weight is 529 g/mol. The molecule has 0 amide bonds. The Bertz CT molecular complexity index is 1260. The summed E-state index contributed by atoms with van der Waals surface area (Å²) < 4.78 is 12.6. The average Bonchev–Trinajstić information content (AvgIpc) is 2.86. The fraction of sp³-hybridized carbons (Fsp3) is 0.333. The second kappa shape index (κ2) is 11.9. The van der Waals surface area contributed by atoms with Crippen molar-refractivity contribution in [2.75, 3.05) is 19.0 Å². The molecule has 0 bridgehead atoms. The zero-order valence-corrected chi connectivity index (χ0v) is 22.2. The third kappa shape index (κ3) is 7.10. The number of nitrogens with one attached hydrogen (secondary N) is 1. The molecule has 3 aromatic rings. The number of esters is 2.